The highest BCUT2D eigenvalue weighted by molar-refractivity contribution is 9.10. The largest absolute Gasteiger partial charge is 0.493 e. The molecule has 0 saturated heterocycles. The Bertz CT molecular complexity index is 526. The highest BCUT2D eigenvalue weighted by Gasteiger charge is 2.17. The highest BCUT2D eigenvalue weighted by atomic mass is 79.9. The van der Waals surface area contributed by atoms with E-state index in [1.807, 2.05) is 13.0 Å². The summed E-state index contributed by atoms with van der Waals surface area (Å²) in [5.41, 5.74) is 0.484. The maximum absolute atomic E-state index is 12.2. The van der Waals surface area contributed by atoms with Crippen LogP contribution in [0.3, 0.4) is 0 Å². The minimum atomic E-state index is -0.165. The number of carbonyl (C=O) groups is 1. The maximum atomic E-state index is 12.2. The van der Waals surface area contributed by atoms with Gasteiger partial charge in [0.25, 0.3) is 5.91 Å². The number of nitriles is 1. The van der Waals surface area contributed by atoms with Gasteiger partial charge >= 0.3 is 0 Å². The van der Waals surface area contributed by atoms with Gasteiger partial charge in [-0.25, -0.2) is 0 Å². The van der Waals surface area contributed by atoms with Crippen molar-refractivity contribution in [1.82, 2.24) is 4.90 Å². The summed E-state index contributed by atoms with van der Waals surface area (Å²) in [6.07, 6.45) is 0.303. The van der Waals surface area contributed by atoms with Gasteiger partial charge in [0.2, 0.25) is 0 Å². The molecule has 0 spiro atoms. The fourth-order valence-electron chi connectivity index (χ4n) is 1.67. The lowest BCUT2D eigenvalue weighted by atomic mass is 10.1. The Morgan fingerprint density at radius 2 is 2.20 bits per heavy atom. The molecule has 0 fully saturated rings. The molecule has 0 aromatic heterocycles. The number of carbonyl (C=O) groups excluding carboxylic acids is 1. The molecule has 5 nitrogen and oxygen atoms in total. The number of rotatable bonds is 6. The van der Waals surface area contributed by atoms with Crippen molar-refractivity contribution in [2.45, 2.75) is 13.3 Å². The molecule has 0 radical (unpaired) electrons. The lowest BCUT2D eigenvalue weighted by Crippen LogP contribution is -2.27. The summed E-state index contributed by atoms with van der Waals surface area (Å²) >= 11 is 3.38. The smallest absolute Gasteiger partial charge is 0.253 e. The van der Waals surface area contributed by atoms with Crippen LogP contribution in [-0.2, 0) is 0 Å². The summed E-state index contributed by atoms with van der Waals surface area (Å²) in [4.78, 5) is 13.7. The summed E-state index contributed by atoms with van der Waals surface area (Å²) in [5, 5.41) is 8.56. The summed E-state index contributed by atoms with van der Waals surface area (Å²) in [6.45, 7) is 2.77. The number of hydrogen-bond donors (Lipinski definition) is 0. The van der Waals surface area contributed by atoms with Gasteiger partial charge in [-0.3, -0.25) is 4.79 Å². The molecule has 1 amide bonds. The zero-order chi connectivity index (χ0) is 15.1. The summed E-state index contributed by atoms with van der Waals surface area (Å²) in [5.74, 6) is 0.909. The van der Waals surface area contributed by atoms with Gasteiger partial charge < -0.3 is 14.4 Å². The Hall–Kier alpha value is -1.74. The van der Waals surface area contributed by atoms with Crippen molar-refractivity contribution in [1.29, 1.82) is 5.26 Å². The lowest BCUT2D eigenvalue weighted by molar-refractivity contribution is 0.0797. The molecule has 1 aromatic carbocycles. The Kier molecular flexibility index (Phi) is 6.32. The molecule has 0 aliphatic rings. The first-order valence-corrected chi connectivity index (χ1v) is 6.97. The van der Waals surface area contributed by atoms with Crippen molar-refractivity contribution in [3.8, 4) is 17.6 Å². The molecule has 0 bridgehead atoms. The van der Waals surface area contributed by atoms with Crippen LogP contribution in [0, 0.1) is 11.3 Å². The predicted octanol–water partition coefficient (Wildman–Crippen LogP) is 2.84. The second kappa shape index (κ2) is 7.75. The third-order valence-electron chi connectivity index (χ3n) is 2.67. The van der Waals surface area contributed by atoms with Gasteiger partial charge in [0.05, 0.1) is 30.7 Å². The van der Waals surface area contributed by atoms with Crippen LogP contribution in [0.4, 0.5) is 0 Å². The van der Waals surface area contributed by atoms with Crippen LogP contribution >= 0.6 is 15.9 Å². The fourth-order valence-corrected chi connectivity index (χ4v) is 2.22. The molecule has 108 valence electrons. The number of nitrogens with zero attached hydrogens (tertiary/aromatic N) is 2. The quantitative estimate of drug-likeness (QED) is 0.798. The average Bonchev–Trinajstić information content (AvgIpc) is 2.45. The third-order valence-corrected chi connectivity index (χ3v) is 3.26. The Morgan fingerprint density at radius 1 is 1.50 bits per heavy atom. The van der Waals surface area contributed by atoms with E-state index in [0.717, 1.165) is 0 Å². The van der Waals surface area contributed by atoms with Crippen molar-refractivity contribution in [2.24, 2.45) is 0 Å². The zero-order valence-corrected chi connectivity index (χ0v) is 13.4. The van der Waals surface area contributed by atoms with E-state index in [0.29, 0.717) is 41.1 Å². The molecule has 0 N–H and O–H groups in total. The van der Waals surface area contributed by atoms with E-state index in [9.17, 15) is 4.79 Å². The van der Waals surface area contributed by atoms with Crippen molar-refractivity contribution in [3.05, 3.63) is 22.2 Å². The molecule has 1 aromatic rings. The normalized spacial score (nSPS) is 9.75. The van der Waals surface area contributed by atoms with Gasteiger partial charge in [-0.05, 0) is 35.0 Å². The molecule has 0 aliphatic heterocycles. The number of hydrogen-bond acceptors (Lipinski definition) is 4. The van der Waals surface area contributed by atoms with Crippen LogP contribution in [-0.4, -0.2) is 38.1 Å². The summed E-state index contributed by atoms with van der Waals surface area (Å²) < 4.78 is 11.4. The minimum absolute atomic E-state index is 0.165. The number of amides is 1. The molecule has 0 aliphatic carbocycles. The second-order valence-corrected chi connectivity index (χ2v) is 4.91. The molecule has 0 heterocycles. The maximum Gasteiger partial charge on any atom is 0.253 e. The van der Waals surface area contributed by atoms with Crippen LogP contribution in [0.2, 0.25) is 0 Å². The molecular weight excluding hydrogens is 324 g/mol. The first kappa shape index (κ1) is 16.3. The summed E-state index contributed by atoms with van der Waals surface area (Å²) in [6, 6.07) is 5.35. The van der Waals surface area contributed by atoms with Gasteiger partial charge in [-0.1, -0.05) is 0 Å². The minimum Gasteiger partial charge on any atom is -0.493 e. The van der Waals surface area contributed by atoms with Gasteiger partial charge in [0, 0.05) is 19.2 Å². The number of methoxy groups -OCH3 is 1. The van der Waals surface area contributed by atoms with Crippen molar-refractivity contribution < 1.29 is 14.3 Å². The predicted molar refractivity (Wildman–Crippen MR) is 79.1 cm³/mol. The fraction of sp³-hybridized carbons (Fsp3) is 0.429. The van der Waals surface area contributed by atoms with Crippen LogP contribution in [0.1, 0.15) is 23.7 Å². The molecule has 1 rings (SSSR count). The molecular formula is C14H17BrN2O3. The molecule has 0 atom stereocenters. The lowest BCUT2D eigenvalue weighted by Gasteiger charge is -2.18. The average molecular weight is 341 g/mol. The number of halogens is 1. The molecule has 0 saturated carbocycles. The van der Waals surface area contributed by atoms with Crippen LogP contribution in [0.25, 0.3) is 0 Å². The van der Waals surface area contributed by atoms with Gasteiger partial charge in [-0.15, -0.1) is 0 Å². The van der Waals surface area contributed by atoms with Crippen molar-refractivity contribution in [2.75, 3.05) is 27.3 Å². The van der Waals surface area contributed by atoms with E-state index in [4.69, 9.17) is 14.7 Å². The van der Waals surface area contributed by atoms with Crippen molar-refractivity contribution in [3.63, 3.8) is 0 Å². The SMILES string of the molecule is CCOc1c(Br)cc(C(=O)N(C)CCC#N)cc1OC. The van der Waals surface area contributed by atoms with Gasteiger partial charge in [-0.2, -0.15) is 5.26 Å². The van der Waals surface area contributed by atoms with Crippen LogP contribution in [0.15, 0.2) is 16.6 Å². The van der Waals surface area contributed by atoms with E-state index in [2.05, 4.69) is 15.9 Å². The monoisotopic (exact) mass is 340 g/mol. The third kappa shape index (κ3) is 3.87. The van der Waals surface area contributed by atoms with Gasteiger partial charge in [0.1, 0.15) is 0 Å². The summed E-state index contributed by atoms with van der Waals surface area (Å²) in [7, 11) is 3.19. The van der Waals surface area contributed by atoms with E-state index < -0.39 is 0 Å². The van der Waals surface area contributed by atoms with Crippen LogP contribution in [0.5, 0.6) is 11.5 Å². The first-order valence-electron chi connectivity index (χ1n) is 6.17. The Balaban J connectivity index is 3.05. The standard InChI is InChI=1S/C14H17BrN2O3/c1-4-20-13-11(15)8-10(9-12(13)19-3)14(18)17(2)7-5-6-16/h8-9H,4-5,7H2,1-3H3. The Labute approximate surface area is 127 Å². The molecule has 0 unspecified atom stereocenters. The highest BCUT2D eigenvalue weighted by Crippen LogP contribution is 2.36. The number of ether oxygens (including phenoxy) is 2. The Morgan fingerprint density at radius 3 is 2.75 bits per heavy atom. The molecule has 6 heteroatoms. The topological polar surface area (TPSA) is 62.6 Å². The first-order chi connectivity index (χ1) is 9.54. The van der Waals surface area contributed by atoms with E-state index in [1.165, 1.54) is 12.0 Å². The van der Waals surface area contributed by atoms with Gasteiger partial charge in [0.15, 0.2) is 11.5 Å². The van der Waals surface area contributed by atoms with Crippen molar-refractivity contribution >= 4 is 21.8 Å². The van der Waals surface area contributed by atoms with E-state index >= 15 is 0 Å². The van der Waals surface area contributed by atoms with E-state index in [1.54, 1.807) is 19.2 Å². The number of benzene rings is 1. The second-order valence-electron chi connectivity index (χ2n) is 4.06. The van der Waals surface area contributed by atoms with Crippen LogP contribution < -0.4 is 9.47 Å². The zero-order valence-electron chi connectivity index (χ0n) is 11.8. The molecule has 20 heavy (non-hydrogen) atoms. The van der Waals surface area contributed by atoms with E-state index in [-0.39, 0.29) is 5.91 Å².